The molecule has 2 amide bonds. The van der Waals surface area contributed by atoms with Gasteiger partial charge >= 0.3 is 6.09 Å². The molecule has 0 unspecified atom stereocenters. The van der Waals surface area contributed by atoms with Crippen LogP contribution in [0.3, 0.4) is 0 Å². The van der Waals surface area contributed by atoms with Gasteiger partial charge in [-0.25, -0.2) is 4.79 Å². The summed E-state index contributed by atoms with van der Waals surface area (Å²) < 4.78 is 5.46. The van der Waals surface area contributed by atoms with Gasteiger partial charge in [0, 0.05) is 20.1 Å². The molecular weight excluding hydrogens is 368 g/mol. The van der Waals surface area contributed by atoms with Gasteiger partial charge in [-0.3, -0.25) is 0 Å². The lowest BCUT2D eigenvalue weighted by Crippen LogP contribution is -2.53. The van der Waals surface area contributed by atoms with Crippen molar-refractivity contribution in [2.75, 3.05) is 14.1 Å². The third kappa shape index (κ3) is 5.64. The summed E-state index contributed by atoms with van der Waals surface area (Å²) in [6.07, 6.45) is 3.90. The van der Waals surface area contributed by atoms with Crippen LogP contribution in [0.15, 0.2) is 24.3 Å². The molecule has 0 N–H and O–H groups in total. The van der Waals surface area contributed by atoms with Gasteiger partial charge in [0.05, 0.1) is 5.54 Å². The predicted molar refractivity (Wildman–Crippen MR) is 112 cm³/mol. The molecular formula is C23H35N2O4-. The molecule has 0 bridgehead atoms. The Morgan fingerprint density at radius 3 is 2.34 bits per heavy atom. The minimum atomic E-state index is -1.14. The van der Waals surface area contributed by atoms with E-state index in [9.17, 15) is 14.7 Å². The van der Waals surface area contributed by atoms with Crippen molar-refractivity contribution in [2.45, 2.75) is 83.4 Å². The summed E-state index contributed by atoms with van der Waals surface area (Å²) in [7, 11) is 3.36. The number of amides is 2. The fourth-order valence-corrected chi connectivity index (χ4v) is 4.11. The molecule has 29 heavy (non-hydrogen) atoms. The zero-order chi connectivity index (χ0) is 21.8. The fraction of sp³-hybridized carbons (Fsp3) is 0.652. The zero-order valence-electron chi connectivity index (χ0n) is 18.7. The topological polar surface area (TPSA) is 72.9 Å². The molecule has 0 aromatic heterocycles. The lowest BCUT2D eigenvalue weighted by molar-refractivity contribution is -0.271. The number of benzene rings is 1. The maximum atomic E-state index is 12.3. The van der Waals surface area contributed by atoms with Crippen LogP contribution in [0.25, 0.3) is 0 Å². The van der Waals surface area contributed by atoms with E-state index in [1.807, 2.05) is 45.9 Å². The number of hydrogen-bond acceptors (Lipinski definition) is 4. The number of hydrogen-bond donors (Lipinski definition) is 0. The molecule has 0 heterocycles. The van der Waals surface area contributed by atoms with Crippen LogP contribution in [-0.2, 0) is 16.7 Å². The van der Waals surface area contributed by atoms with Gasteiger partial charge in [0.2, 0.25) is 0 Å². The van der Waals surface area contributed by atoms with E-state index in [0.717, 1.165) is 43.2 Å². The molecule has 1 aliphatic rings. The number of carboxylic acid groups (broad SMARTS) is 1. The Hall–Kier alpha value is -2.24. The van der Waals surface area contributed by atoms with Crippen molar-refractivity contribution < 1.29 is 19.4 Å². The number of carbonyl (C=O) groups is 2. The number of likely N-dealkylation sites (N-methyl/N-ethyl adjacent to an activating group) is 1. The summed E-state index contributed by atoms with van der Waals surface area (Å²) in [5.41, 5.74) is 1.01. The van der Waals surface area contributed by atoms with E-state index >= 15 is 0 Å². The first kappa shape index (κ1) is 23.0. The van der Waals surface area contributed by atoms with Gasteiger partial charge in [0.15, 0.2) is 0 Å². The van der Waals surface area contributed by atoms with Crippen molar-refractivity contribution in [1.82, 2.24) is 9.80 Å². The fourth-order valence-electron chi connectivity index (χ4n) is 4.11. The highest BCUT2D eigenvalue weighted by Gasteiger charge is 2.38. The number of ether oxygens (including phenoxy) is 1. The van der Waals surface area contributed by atoms with E-state index in [1.165, 1.54) is 4.90 Å². The monoisotopic (exact) mass is 403 g/mol. The zero-order valence-corrected chi connectivity index (χ0v) is 18.7. The smallest absolute Gasteiger partial charge is 0.410 e. The minimum Gasteiger partial charge on any atom is -0.530 e. The normalized spacial score (nSPS) is 17.3. The van der Waals surface area contributed by atoms with E-state index in [4.69, 9.17) is 4.74 Å². The Kier molecular flexibility index (Phi) is 7.20. The molecule has 1 aromatic carbocycles. The van der Waals surface area contributed by atoms with E-state index in [1.54, 1.807) is 19.0 Å². The average Bonchev–Trinajstić information content (AvgIpc) is 2.66. The summed E-state index contributed by atoms with van der Waals surface area (Å²) in [5, 5.41) is 11.7. The van der Waals surface area contributed by atoms with E-state index in [-0.39, 0.29) is 12.1 Å². The van der Waals surface area contributed by atoms with E-state index in [2.05, 4.69) is 6.07 Å². The highest BCUT2D eigenvalue weighted by molar-refractivity contribution is 5.68. The molecule has 1 fully saturated rings. The molecule has 0 aliphatic heterocycles. The van der Waals surface area contributed by atoms with Gasteiger partial charge in [-0.05, 0) is 58.1 Å². The predicted octanol–water partition coefficient (Wildman–Crippen LogP) is 3.92. The second kappa shape index (κ2) is 9.06. The summed E-state index contributed by atoms with van der Waals surface area (Å²) in [6, 6.07) is 8.05. The molecule has 6 heteroatoms. The molecule has 0 saturated heterocycles. The molecule has 1 aromatic rings. The van der Waals surface area contributed by atoms with Gasteiger partial charge in [-0.15, -0.1) is 0 Å². The Morgan fingerprint density at radius 2 is 1.79 bits per heavy atom. The van der Waals surface area contributed by atoms with Crippen LogP contribution in [0.1, 0.15) is 70.9 Å². The summed E-state index contributed by atoms with van der Waals surface area (Å²) >= 11 is 0. The molecule has 162 valence electrons. The maximum Gasteiger partial charge on any atom is 0.410 e. The van der Waals surface area contributed by atoms with Crippen LogP contribution >= 0.6 is 0 Å². The molecule has 0 radical (unpaired) electrons. The molecule has 1 aliphatic carbocycles. The van der Waals surface area contributed by atoms with Crippen molar-refractivity contribution in [3.8, 4) is 0 Å². The number of nitrogens with zero attached hydrogens (tertiary/aromatic N) is 2. The summed E-state index contributed by atoms with van der Waals surface area (Å²) in [4.78, 5) is 27.0. The Balaban J connectivity index is 2.21. The maximum absolute atomic E-state index is 12.3. The molecule has 2 rings (SSSR count). The largest absolute Gasteiger partial charge is 0.530 e. The molecule has 0 spiro atoms. The van der Waals surface area contributed by atoms with Gasteiger partial charge in [-0.2, -0.15) is 0 Å². The summed E-state index contributed by atoms with van der Waals surface area (Å²) in [6.45, 7) is 7.54. The average molecular weight is 404 g/mol. The Morgan fingerprint density at radius 1 is 1.17 bits per heavy atom. The van der Waals surface area contributed by atoms with Crippen molar-refractivity contribution in [3.63, 3.8) is 0 Å². The highest BCUT2D eigenvalue weighted by atomic mass is 16.6. The third-order valence-electron chi connectivity index (χ3n) is 5.93. The first-order valence-corrected chi connectivity index (χ1v) is 10.5. The molecule has 1 saturated carbocycles. The van der Waals surface area contributed by atoms with Crippen LogP contribution in [0, 0.1) is 0 Å². The third-order valence-corrected chi connectivity index (χ3v) is 5.93. The van der Waals surface area contributed by atoms with Crippen LogP contribution in [0.4, 0.5) is 9.59 Å². The molecule has 1 atom stereocenters. The van der Waals surface area contributed by atoms with Gasteiger partial charge < -0.3 is 24.4 Å². The standard InChI is InChI=1S/C23H36N2O4/c1-17(24(5)21(28)29-22(2,3)4)15-18-11-10-12-19(16-18)23(25(6)20(26)27)13-8-7-9-14-23/h10-12,16-17H,7-9,13-15H2,1-6H3,(H,26,27)/p-1/t17-/m0/s1. The Bertz CT molecular complexity index is 720. The van der Waals surface area contributed by atoms with Crippen molar-refractivity contribution >= 4 is 12.2 Å². The lowest BCUT2D eigenvalue weighted by atomic mass is 9.75. The summed E-state index contributed by atoms with van der Waals surface area (Å²) in [5.74, 6) is 0. The quantitative estimate of drug-likeness (QED) is 0.747. The van der Waals surface area contributed by atoms with E-state index < -0.39 is 17.2 Å². The van der Waals surface area contributed by atoms with Crippen LogP contribution in [-0.4, -0.2) is 47.7 Å². The van der Waals surface area contributed by atoms with Crippen LogP contribution < -0.4 is 5.11 Å². The second-order valence-electron chi connectivity index (χ2n) is 9.26. The van der Waals surface area contributed by atoms with Crippen LogP contribution in [0.5, 0.6) is 0 Å². The minimum absolute atomic E-state index is 0.0544. The van der Waals surface area contributed by atoms with Crippen molar-refractivity contribution in [1.29, 1.82) is 0 Å². The van der Waals surface area contributed by atoms with Crippen LogP contribution in [0.2, 0.25) is 0 Å². The van der Waals surface area contributed by atoms with Crippen molar-refractivity contribution in [2.24, 2.45) is 0 Å². The van der Waals surface area contributed by atoms with Crippen molar-refractivity contribution in [3.05, 3.63) is 35.4 Å². The Labute approximate surface area is 174 Å². The van der Waals surface area contributed by atoms with Gasteiger partial charge in [0.25, 0.3) is 0 Å². The van der Waals surface area contributed by atoms with Gasteiger partial charge in [-0.1, -0.05) is 43.5 Å². The molecule has 6 nitrogen and oxygen atoms in total. The first-order valence-electron chi connectivity index (χ1n) is 10.5. The first-order chi connectivity index (χ1) is 13.5. The SMILES string of the molecule is C[C@@H](Cc1cccc(C2(N(C)C(=O)[O-])CCCCC2)c1)N(C)C(=O)OC(C)(C)C. The highest BCUT2D eigenvalue weighted by Crippen LogP contribution is 2.41. The number of rotatable bonds is 5. The number of carbonyl (C=O) groups excluding carboxylic acids is 2. The lowest BCUT2D eigenvalue weighted by Gasteiger charge is -2.46. The second-order valence-corrected chi connectivity index (χ2v) is 9.26. The van der Waals surface area contributed by atoms with Gasteiger partial charge in [0.1, 0.15) is 11.7 Å². The van der Waals surface area contributed by atoms with E-state index in [0.29, 0.717) is 6.42 Å².